The molecule has 112 valence electrons. The Morgan fingerprint density at radius 3 is 2.21 bits per heavy atom. The van der Waals surface area contributed by atoms with Gasteiger partial charge in [0.1, 0.15) is 6.54 Å². The summed E-state index contributed by atoms with van der Waals surface area (Å²) in [6, 6.07) is -1.01. The second-order valence-electron chi connectivity index (χ2n) is 4.36. The van der Waals surface area contributed by atoms with E-state index >= 15 is 0 Å². The van der Waals surface area contributed by atoms with Gasteiger partial charge in [0.25, 0.3) is 0 Å². The predicted octanol–water partition coefficient (Wildman–Crippen LogP) is 0.806. The molecule has 0 aromatic carbocycles. The first-order valence-electron chi connectivity index (χ1n) is 5.50. The summed E-state index contributed by atoms with van der Waals surface area (Å²) in [4.78, 5) is 22.4. The highest BCUT2D eigenvalue weighted by molar-refractivity contribution is 5.74. The van der Waals surface area contributed by atoms with Gasteiger partial charge in [0.05, 0.1) is 12.0 Å². The zero-order valence-corrected chi connectivity index (χ0v) is 10.6. The van der Waals surface area contributed by atoms with Crippen molar-refractivity contribution in [2.45, 2.75) is 32.0 Å². The average Bonchev–Trinajstić information content (AvgIpc) is 2.19. The average molecular weight is 286 g/mol. The Morgan fingerprint density at radius 2 is 1.84 bits per heavy atom. The molecule has 0 saturated heterocycles. The maximum absolute atomic E-state index is 12.2. The number of carbonyl (C=O) groups is 2. The Bertz CT molecular complexity index is 331. The lowest BCUT2D eigenvalue weighted by atomic mass is 10.0. The van der Waals surface area contributed by atoms with Gasteiger partial charge in [-0.25, -0.2) is 4.79 Å². The lowest BCUT2D eigenvalue weighted by molar-refractivity contribution is -0.141. The quantitative estimate of drug-likeness (QED) is 0.674. The molecule has 6 nitrogen and oxygen atoms in total. The van der Waals surface area contributed by atoms with Crippen molar-refractivity contribution in [3.63, 3.8) is 0 Å². The van der Waals surface area contributed by atoms with Crippen LogP contribution in [0.4, 0.5) is 18.0 Å². The fourth-order valence-corrected chi connectivity index (χ4v) is 1.31. The third-order valence-corrected chi connectivity index (χ3v) is 2.19. The SMILES string of the molecule is CCN(CC(F)(F)F)C(=O)NCC(C)(O)CC(=O)O. The van der Waals surface area contributed by atoms with Crippen LogP contribution in [0.3, 0.4) is 0 Å². The summed E-state index contributed by atoms with van der Waals surface area (Å²) in [5.74, 6) is -1.28. The largest absolute Gasteiger partial charge is 0.481 e. The number of aliphatic carboxylic acids is 1. The number of hydrogen-bond donors (Lipinski definition) is 3. The first-order chi connectivity index (χ1) is 8.47. The third kappa shape index (κ3) is 8.25. The van der Waals surface area contributed by atoms with Gasteiger partial charge in [0.15, 0.2) is 0 Å². The van der Waals surface area contributed by atoms with E-state index in [2.05, 4.69) is 5.32 Å². The molecule has 0 aliphatic rings. The topological polar surface area (TPSA) is 89.9 Å². The van der Waals surface area contributed by atoms with E-state index in [9.17, 15) is 27.9 Å². The third-order valence-electron chi connectivity index (χ3n) is 2.19. The van der Waals surface area contributed by atoms with E-state index in [1.165, 1.54) is 13.8 Å². The highest BCUT2D eigenvalue weighted by Crippen LogP contribution is 2.16. The molecule has 2 amide bonds. The second kappa shape index (κ2) is 6.60. The van der Waals surface area contributed by atoms with Gasteiger partial charge in [-0.15, -0.1) is 0 Å². The number of carbonyl (C=O) groups excluding carboxylic acids is 1. The van der Waals surface area contributed by atoms with E-state index in [1.54, 1.807) is 0 Å². The van der Waals surface area contributed by atoms with Gasteiger partial charge in [0, 0.05) is 13.1 Å². The molecule has 0 spiro atoms. The molecule has 0 aromatic rings. The molecule has 1 unspecified atom stereocenters. The molecule has 0 heterocycles. The number of aliphatic hydroxyl groups is 1. The van der Waals surface area contributed by atoms with E-state index in [-0.39, 0.29) is 6.54 Å². The molecule has 1 atom stereocenters. The van der Waals surface area contributed by atoms with Crippen LogP contribution in [0, 0.1) is 0 Å². The maximum Gasteiger partial charge on any atom is 0.406 e. The molecule has 0 aromatic heterocycles. The van der Waals surface area contributed by atoms with Gasteiger partial charge in [-0.3, -0.25) is 4.79 Å². The van der Waals surface area contributed by atoms with Crippen LogP contribution in [0.2, 0.25) is 0 Å². The van der Waals surface area contributed by atoms with Crippen molar-refractivity contribution in [3.05, 3.63) is 0 Å². The minimum Gasteiger partial charge on any atom is -0.481 e. The molecular formula is C10H17F3N2O4. The minimum atomic E-state index is -4.52. The number of carboxylic acids is 1. The molecule has 0 saturated carbocycles. The second-order valence-corrected chi connectivity index (χ2v) is 4.36. The molecule has 0 rings (SSSR count). The summed E-state index contributed by atoms with van der Waals surface area (Å²) in [7, 11) is 0. The Balaban J connectivity index is 4.39. The van der Waals surface area contributed by atoms with Gasteiger partial charge >= 0.3 is 18.2 Å². The van der Waals surface area contributed by atoms with E-state index < -0.39 is 43.3 Å². The number of halogens is 3. The van der Waals surface area contributed by atoms with Gasteiger partial charge in [0.2, 0.25) is 0 Å². The number of carboxylic acid groups (broad SMARTS) is 1. The smallest absolute Gasteiger partial charge is 0.406 e. The van der Waals surface area contributed by atoms with Crippen molar-refractivity contribution in [2.75, 3.05) is 19.6 Å². The highest BCUT2D eigenvalue weighted by Gasteiger charge is 2.33. The van der Waals surface area contributed by atoms with Gasteiger partial charge in [-0.05, 0) is 13.8 Å². The predicted molar refractivity (Wildman–Crippen MR) is 59.6 cm³/mol. The number of rotatable bonds is 6. The van der Waals surface area contributed by atoms with Crippen molar-refractivity contribution < 1.29 is 33.0 Å². The molecular weight excluding hydrogens is 269 g/mol. The number of nitrogens with one attached hydrogen (secondary N) is 1. The molecule has 19 heavy (non-hydrogen) atoms. The van der Waals surface area contributed by atoms with E-state index in [1.807, 2.05) is 0 Å². The molecule has 9 heteroatoms. The van der Waals surface area contributed by atoms with E-state index in [0.717, 1.165) is 0 Å². The van der Waals surface area contributed by atoms with Gasteiger partial charge in [-0.1, -0.05) is 0 Å². The Morgan fingerprint density at radius 1 is 1.32 bits per heavy atom. The van der Waals surface area contributed by atoms with Crippen molar-refractivity contribution in [3.8, 4) is 0 Å². The van der Waals surface area contributed by atoms with Crippen LogP contribution in [0.5, 0.6) is 0 Å². The summed E-state index contributed by atoms with van der Waals surface area (Å²) in [6.45, 7) is 0.525. The summed E-state index contributed by atoms with van der Waals surface area (Å²) in [6.07, 6.45) is -5.14. The van der Waals surface area contributed by atoms with Crippen molar-refractivity contribution in [1.82, 2.24) is 10.2 Å². The normalized spacial score (nSPS) is 14.6. The fraction of sp³-hybridized carbons (Fsp3) is 0.800. The van der Waals surface area contributed by atoms with Crippen molar-refractivity contribution in [1.29, 1.82) is 0 Å². The number of alkyl halides is 3. The maximum atomic E-state index is 12.2. The summed E-state index contributed by atoms with van der Waals surface area (Å²) < 4.78 is 36.5. The molecule has 0 fully saturated rings. The molecule has 0 radical (unpaired) electrons. The standard InChI is InChI=1S/C10H17F3N2O4/c1-3-15(6-10(11,12)13)8(18)14-5-9(2,19)4-7(16)17/h19H,3-6H2,1-2H3,(H,14,18)(H,16,17). The first kappa shape index (κ1) is 17.5. The van der Waals surface area contributed by atoms with Crippen molar-refractivity contribution in [2.24, 2.45) is 0 Å². The molecule has 0 aliphatic heterocycles. The number of hydrogen-bond acceptors (Lipinski definition) is 3. The lowest BCUT2D eigenvalue weighted by Gasteiger charge is -2.26. The van der Waals surface area contributed by atoms with Crippen LogP contribution in [-0.4, -0.2) is 58.5 Å². The van der Waals surface area contributed by atoms with Crippen LogP contribution >= 0.6 is 0 Å². The first-order valence-corrected chi connectivity index (χ1v) is 5.50. The van der Waals surface area contributed by atoms with E-state index in [0.29, 0.717) is 4.90 Å². The Labute approximate surface area is 108 Å². The van der Waals surface area contributed by atoms with Crippen LogP contribution in [0.15, 0.2) is 0 Å². The van der Waals surface area contributed by atoms with Crippen LogP contribution in [0.25, 0.3) is 0 Å². The molecule has 0 bridgehead atoms. The summed E-state index contributed by atoms with van der Waals surface area (Å²) >= 11 is 0. The van der Waals surface area contributed by atoms with Crippen LogP contribution < -0.4 is 5.32 Å². The molecule has 3 N–H and O–H groups in total. The zero-order chi connectivity index (χ0) is 15.3. The van der Waals surface area contributed by atoms with Gasteiger partial charge in [-0.2, -0.15) is 13.2 Å². The minimum absolute atomic E-state index is 0.160. The lowest BCUT2D eigenvalue weighted by Crippen LogP contribution is -2.49. The summed E-state index contributed by atoms with van der Waals surface area (Å²) in [5, 5.41) is 20.2. The zero-order valence-electron chi connectivity index (χ0n) is 10.6. The molecule has 0 aliphatic carbocycles. The van der Waals surface area contributed by atoms with E-state index in [4.69, 9.17) is 5.11 Å². The number of nitrogens with zero attached hydrogens (tertiary/aromatic N) is 1. The Kier molecular flexibility index (Phi) is 6.07. The number of amides is 2. The van der Waals surface area contributed by atoms with Crippen LogP contribution in [0.1, 0.15) is 20.3 Å². The Hall–Kier alpha value is -1.51. The van der Waals surface area contributed by atoms with Crippen LogP contribution in [-0.2, 0) is 4.79 Å². The number of urea groups is 1. The highest BCUT2D eigenvalue weighted by atomic mass is 19.4. The fourth-order valence-electron chi connectivity index (χ4n) is 1.31. The van der Waals surface area contributed by atoms with Gasteiger partial charge < -0.3 is 20.4 Å². The van der Waals surface area contributed by atoms with Crippen molar-refractivity contribution >= 4 is 12.0 Å². The summed E-state index contributed by atoms with van der Waals surface area (Å²) in [5.41, 5.74) is -1.72. The monoisotopic (exact) mass is 286 g/mol.